The summed E-state index contributed by atoms with van der Waals surface area (Å²) in [4.78, 5) is 10.9. The quantitative estimate of drug-likeness (QED) is 0.875. The zero-order valence-electron chi connectivity index (χ0n) is 12.1. The summed E-state index contributed by atoms with van der Waals surface area (Å²) < 4.78 is 1.87. The van der Waals surface area contributed by atoms with E-state index >= 15 is 0 Å². The number of rotatable bonds is 5. The van der Waals surface area contributed by atoms with Gasteiger partial charge in [-0.15, -0.1) is 0 Å². The van der Waals surface area contributed by atoms with E-state index in [0.717, 1.165) is 18.8 Å². The van der Waals surface area contributed by atoms with Crippen LogP contribution in [-0.4, -0.2) is 15.7 Å². The predicted octanol–water partition coefficient (Wildman–Crippen LogP) is 1.98. The van der Waals surface area contributed by atoms with E-state index in [1.165, 1.54) is 23.7 Å². The first-order chi connectivity index (χ1) is 9.56. The van der Waals surface area contributed by atoms with Crippen LogP contribution in [0.2, 0.25) is 0 Å². The number of carbonyl (C=O) groups is 1. The zero-order valence-corrected chi connectivity index (χ0v) is 12.1. The molecule has 0 saturated carbocycles. The van der Waals surface area contributed by atoms with Crippen molar-refractivity contribution in [2.24, 2.45) is 7.05 Å². The number of hydrogen-bond acceptors (Lipinski definition) is 3. The molecule has 0 aliphatic carbocycles. The predicted molar refractivity (Wildman–Crippen MR) is 79.2 cm³/mol. The van der Waals surface area contributed by atoms with Gasteiger partial charge in [0, 0.05) is 44.0 Å². The van der Waals surface area contributed by atoms with E-state index in [2.05, 4.69) is 22.7 Å². The van der Waals surface area contributed by atoms with Crippen molar-refractivity contribution in [2.75, 3.05) is 5.32 Å². The van der Waals surface area contributed by atoms with Gasteiger partial charge in [0.25, 0.3) is 0 Å². The van der Waals surface area contributed by atoms with Gasteiger partial charge in [0.2, 0.25) is 5.91 Å². The van der Waals surface area contributed by atoms with Gasteiger partial charge in [-0.05, 0) is 24.6 Å². The van der Waals surface area contributed by atoms with Crippen LogP contribution >= 0.6 is 0 Å². The van der Waals surface area contributed by atoms with Gasteiger partial charge in [-0.1, -0.05) is 12.1 Å². The van der Waals surface area contributed by atoms with E-state index in [4.69, 9.17) is 0 Å². The van der Waals surface area contributed by atoms with Crippen molar-refractivity contribution in [1.29, 1.82) is 0 Å². The summed E-state index contributed by atoms with van der Waals surface area (Å²) in [7, 11) is 1.94. The average Bonchev–Trinajstić information content (AvgIpc) is 2.72. The first kappa shape index (κ1) is 14.3. The summed E-state index contributed by atoms with van der Waals surface area (Å²) in [6, 6.07) is 7.84. The Kier molecular flexibility index (Phi) is 4.53. The lowest BCUT2D eigenvalue weighted by molar-refractivity contribution is -0.114. The van der Waals surface area contributed by atoms with Gasteiger partial charge in [-0.25, -0.2) is 0 Å². The molecule has 0 unspecified atom stereocenters. The Hall–Kier alpha value is -2.14. The van der Waals surface area contributed by atoms with Crippen molar-refractivity contribution in [3.63, 3.8) is 0 Å². The molecule has 0 aliphatic rings. The molecule has 2 rings (SSSR count). The molecular formula is C15H20N4O. The Labute approximate surface area is 119 Å². The minimum Gasteiger partial charge on any atom is -0.326 e. The van der Waals surface area contributed by atoms with E-state index < -0.39 is 0 Å². The molecular weight excluding hydrogens is 252 g/mol. The Bertz CT molecular complexity index is 586. The third kappa shape index (κ3) is 3.68. The molecule has 0 atom stereocenters. The van der Waals surface area contributed by atoms with Crippen molar-refractivity contribution >= 4 is 11.6 Å². The second-order valence-electron chi connectivity index (χ2n) is 4.86. The summed E-state index contributed by atoms with van der Waals surface area (Å²) >= 11 is 0. The van der Waals surface area contributed by atoms with Gasteiger partial charge in [0.05, 0.1) is 6.20 Å². The largest absolute Gasteiger partial charge is 0.326 e. The Morgan fingerprint density at radius 3 is 2.50 bits per heavy atom. The molecule has 1 amide bonds. The molecule has 2 N–H and O–H groups in total. The molecule has 106 valence electrons. The monoisotopic (exact) mass is 272 g/mol. The molecule has 0 radical (unpaired) electrons. The van der Waals surface area contributed by atoms with Gasteiger partial charge in [-0.2, -0.15) is 5.10 Å². The molecule has 0 bridgehead atoms. The number of aryl methyl sites for hydroxylation is 1. The Balaban J connectivity index is 1.85. The highest BCUT2D eigenvalue weighted by atomic mass is 16.1. The van der Waals surface area contributed by atoms with Gasteiger partial charge in [0.1, 0.15) is 0 Å². The number of amides is 1. The summed E-state index contributed by atoms with van der Waals surface area (Å²) in [5, 5.41) is 10.4. The van der Waals surface area contributed by atoms with Gasteiger partial charge < -0.3 is 10.6 Å². The Morgan fingerprint density at radius 1 is 1.25 bits per heavy atom. The standard InChI is InChI=1S/C15H20N4O/c1-11-14(10-17-19(11)3)9-16-8-13-4-6-15(7-5-13)18-12(2)20/h4-7,10,16H,8-9H2,1-3H3,(H,18,20). The lowest BCUT2D eigenvalue weighted by Gasteiger charge is -2.06. The van der Waals surface area contributed by atoms with Crippen LogP contribution < -0.4 is 10.6 Å². The second kappa shape index (κ2) is 6.34. The normalized spacial score (nSPS) is 10.6. The molecule has 20 heavy (non-hydrogen) atoms. The smallest absolute Gasteiger partial charge is 0.221 e. The van der Waals surface area contributed by atoms with Crippen LogP contribution in [0.3, 0.4) is 0 Å². The second-order valence-corrected chi connectivity index (χ2v) is 4.86. The highest BCUT2D eigenvalue weighted by molar-refractivity contribution is 5.88. The van der Waals surface area contributed by atoms with Gasteiger partial charge >= 0.3 is 0 Å². The van der Waals surface area contributed by atoms with Crippen LogP contribution in [-0.2, 0) is 24.9 Å². The summed E-state index contributed by atoms with van der Waals surface area (Å²) in [6.07, 6.45) is 1.89. The molecule has 0 spiro atoms. The average molecular weight is 272 g/mol. The molecule has 2 aromatic rings. The van der Waals surface area contributed by atoms with Crippen LogP contribution in [0.15, 0.2) is 30.5 Å². The van der Waals surface area contributed by atoms with E-state index in [1.54, 1.807) is 0 Å². The van der Waals surface area contributed by atoms with Crippen molar-refractivity contribution in [2.45, 2.75) is 26.9 Å². The highest BCUT2D eigenvalue weighted by Gasteiger charge is 2.03. The molecule has 5 heteroatoms. The SMILES string of the molecule is CC(=O)Nc1ccc(CNCc2cnn(C)c2C)cc1. The van der Waals surface area contributed by atoms with Crippen LogP contribution in [0.5, 0.6) is 0 Å². The van der Waals surface area contributed by atoms with Crippen LogP contribution in [0.1, 0.15) is 23.7 Å². The summed E-state index contributed by atoms with van der Waals surface area (Å²) in [5.74, 6) is -0.0528. The third-order valence-electron chi connectivity index (χ3n) is 3.26. The summed E-state index contributed by atoms with van der Waals surface area (Å²) in [5.41, 5.74) is 4.39. The Morgan fingerprint density at radius 2 is 1.95 bits per heavy atom. The topological polar surface area (TPSA) is 59.0 Å². The number of benzene rings is 1. The third-order valence-corrected chi connectivity index (χ3v) is 3.26. The minimum atomic E-state index is -0.0528. The maximum Gasteiger partial charge on any atom is 0.221 e. The zero-order chi connectivity index (χ0) is 14.5. The molecule has 0 aliphatic heterocycles. The molecule has 0 saturated heterocycles. The van der Waals surface area contributed by atoms with Crippen molar-refractivity contribution in [3.8, 4) is 0 Å². The lowest BCUT2D eigenvalue weighted by Crippen LogP contribution is -2.13. The van der Waals surface area contributed by atoms with Crippen molar-refractivity contribution in [3.05, 3.63) is 47.3 Å². The fourth-order valence-electron chi connectivity index (χ4n) is 1.97. The van der Waals surface area contributed by atoms with Crippen LogP contribution in [0, 0.1) is 6.92 Å². The van der Waals surface area contributed by atoms with Crippen molar-refractivity contribution in [1.82, 2.24) is 15.1 Å². The first-order valence-electron chi connectivity index (χ1n) is 6.61. The number of nitrogens with zero attached hydrogens (tertiary/aromatic N) is 2. The summed E-state index contributed by atoms with van der Waals surface area (Å²) in [6.45, 7) is 5.15. The minimum absolute atomic E-state index is 0.0528. The van der Waals surface area contributed by atoms with Crippen LogP contribution in [0.25, 0.3) is 0 Å². The molecule has 5 nitrogen and oxygen atoms in total. The van der Waals surface area contributed by atoms with E-state index in [1.807, 2.05) is 42.2 Å². The molecule has 1 aromatic heterocycles. The first-order valence-corrected chi connectivity index (χ1v) is 6.61. The fraction of sp³-hybridized carbons (Fsp3) is 0.333. The molecule has 0 fully saturated rings. The highest BCUT2D eigenvalue weighted by Crippen LogP contribution is 2.10. The number of anilines is 1. The maximum absolute atomic E-state index is 10.9. The number of nitrogens with one attached hydrogen (secondary N) is 2. The number of carbonyl (C=O) groups excluding carboxylic acids is 1. The fourth-order valence-corrected chi connectivity index (χ4v) is 1.97. The number of hydrogen-bond donors (Lipinski definition) is 2. The molecule has 1 aromatic carbocycles. The molecule has 1 heterocycles. The maximum atomic E-state index is 10.9. The van der Waals surface area contributed by atoms with E-state index in [-0.39, 0.29) is 5.91 Å². The number of aromatic nitrogens is 2. The van der Waals surface area contributed by atoms with Gasteiger partial charge in [0.15, 0.2) is 0 Å². The van der Waals surface area contributed by atoms with Crippen LogP contribution in [0.4, 0.5) is 5.69 Å². The lowest BCUT2D eigenvalue weighted by atomic mass is 10.2. The van der Waals surface area contributed by atoms with Crippen molar-refractivity contribution < 1.29 is 4.79 Å². The van der Waals surface area contributed by atoms with Gasteiger partial charge in [-0.3, -0.25) is 9.48 Å². The van der Waals surface area contributed by atoms with E-state index in [0.29, 0.717) is 0 Å². The van der Waals surface area contributed by atoms with E-state index in [9.17, 15) is 4.79 Å².